The van der Waals surface area contributed by atoms with Gasteiger partial charge >= 0.3 is 0 Å². The predicted octanol–water partition coefficient (Wildman–Crippen LogP) is 3.21. The Bertz CT molecular complexity index is 844. The van der Waals surface area contributed by atoms with Crippen LogP contribution in [-0.2, 0) is 21.2 Å². The number of carbonyl (C=O) groups is 1. The molecule has 0 spiro atoms. The summed E-state index contributed by atoms with van der Waals surface area (Å²) in [5.74, 6) is -0.478. The molecule has 0 bridgehead atoms. The van der Waals surface area contributed by atoms with Crippen molar-refractivity contribution in [2.24, 2.45) is 5.92 Å². The zero-order valence-electron chi connectivity index (χ0n) is 14.6. The molecule has 1 saturated heterocycles. The maximum absolute atomic E-state index is 13.1. The van der Waals surface area contributed by atoms with E-state index in [9.17, 15) is 13.2 Å². The summed E-state index contributed by atoms with van der Waals surface area (Å²) in [4.78, 5) is 14.9. The number of benzene rings is 2. The van der Waals surface area contributed by atoms with E-state index in [1.54, 1.807) is 29.2 Å². The molecule has 0 radical (unpaired) electrons. The SMILES string of the molecule is Cc1ccc(S(=O)(=O)C2C(=O)N(Cc3ccccc3)CCC2C)cc1. The minimum Gasteiger partial charge on any atom is -0.337 e. The highest BCUT2D eigenvalue weighted by Gasteiger charge is 2.43. The number of hydrogen-bond donors (Lipinski definition) is 0. The van der Waals surface area contributed by atoms with Gasteiger partial charge in [0.05, 0.1) is 4.90 Å². The van der Waals surface area contributed by atoms with Crippen molar-refractivity contribution in [2.75, 3.05) is 6.54 Å². The molecular formula is C20H23NO3S. The van der Waals surface area contributed by atoms with Crippen molar-refractivity contribution in [1.82, 2.24) is 4.90 Å². The largest absolute Gasteiger partial charge is 0.337 e. The first-order valence-corrected chi connectivity index (χ1v) is 10.1. The van der Waals surface area contributed by atoms with Gasteiger partial charge in [-0.05, 0) is 37.0 Å². The lowest BCUT2D eigenvalue weighted by Gasteiger charge is -2.36. The predicted molar refractivity (Wildman–Crippen MR) is 97.8 cm³/mol. The molecule has 1 amide bonds. The van der Waals surface area contributed by atoms with Crippen molar-refractivity contribution >= 4 is 15.7 Å². The Labute approximate surface area is 149 Å². The molecule has 2 aromatic rings. The lowest BCUT2D eigenvalue weighted by Crippen LogP contribution is -2.51. The van der Waals surface area contributed by atoms with Crippen LogP contribution in [0.2, 0.25) is 0 Å². The summed E-state index contributed by atoms with van der Waals surface area (Å²) in [5.41, 5.74) is 2.00. The van der Waals surface area contributed by atoms with Crippen LogP contribution in [0.3, 0.4) is 0 Å². The number of sulfone groups is 1. The van der Waals surface area contributed by atoms with Gasteiger partial charge in [0, 0.05) is 13.1 Å². The van der Waals surface area contributed by atoms with Crippen LogP contribution in [0.25, 0.3) is 0 Å². The summed E-state index contributed by atoms with van der Waals surface area (Å²) in [5, 5.41) is -1.01. The number of rotatable bonds is 4. The first-order chi connectivity index (χ1) is 11.9. The Morgan fingerprint density at radius 1 is 1.04 bits per heavy atom. The average Bonchev–Trinajstić information content (AvgIpc) is 2.59. The van der Waals surface area contributed by atoms with E-state index in [1.165, 1.54) is 0 Å². The van der Waals surface area contributed by atoms with Gasteiger partial charge in [-0.25, -0.2) is 8.42 Å². The highest BCUT2D eigenvalue weighted by molar-refractivity contribution is 7.92. The van der Waals surface area contributed by atoms with Gasteiger partial charge in [-0.15, -0.1) is 0 Å². The molecule has 3 rings (SSSR count). The fourth-order valence-corrected chi connectivity index (χ4v) is 5.29. The normalized spacial score (nSPS) is 21.4. The van der Waals surface area contributed by atoms with Gasteiger partial charge in [0.15, 0.2) is 9.84 Å². The van der Waals surface area contributed by atoms with Crippen molar-refractivity contribution in [3.8, 4) is 0 Å². The van der Waals surface area contributed by atoms with Gasteiger partial charge in [0.2, 0.25) is 5.91 Å². The minimum absolute atomic E-state index is 0.189. The van der Waals surface area contributed by atoms with Crippen LogP contribution in [0.5, 0.6) is 0 Å². The van der Waals surface area contributed by atoms with Crippen LogP contribution in [0.4, 0.5) is 0 Å². The molecule has 0 N–H and O–H groups in total. The Morgan fingerprint density at radius 2 is 1.68 bits per heavy atom. The Hall–Kier alpha value is -2.14. The van der Waals surface area contributed by atoms with Gasteiger partial charge < -0.3 is 4.90 Å². The Balaban J connectivity index is 1.88. The van der Waals surface area contributed by atoms with Crippen LogP contribution < -0.4 is 0 Å². The molecule has 4 nitrogen and oxygen atoms in total. The maximum Gasteiger partial charge on any atom is 0.241 e. The van der Waals surface area contributed by atoms with Crippen molar-refractivity contribution in [3.63, 3.8) is 0 Å². The number of carbonyl (C=O) groups excluding carboxylic acids is 1. The monoisotopic (exact) mass is 357 g/mol. The van der Waals surface area contributed by atoms with Gasteiger partial charge in [0.25, 0.3) is 0 Å². The number of aryl methyl sites for hydroxylation is 1. The van der Waals surface area contributed by atoms with Gasteiger partial charge in [-0.2, -0.15) is 0 Å². The topological polar surface area (TPSA) is 54.5 Å². The van der Waals surface area contributed by atoms with E-state index in [-0.39, 0.29) is 16.7 Å². The molecule has 0 aliphatic carbocycles. The van der Waals surface area contributed by atoms with Crippen molar-refractivity contribution in [3.05, 3.63) is 65.7 Å². The fourth-order valence-electron chi connectivity index (χ4n) is 3.32. The lowest BCUT2D eigenvalue weighted by atomic mass is 9.97. The lowest BCUT2D eigenvalue weighted by molar-refractivity contribution is -0.134. The van der Waals surface area contributed by atoms with Crippen LogP contribution in [0.1, 0.15) is 24.5 Å². The molecule has 5 heteroatoms. The highest BCUT2D eigenvalue weighted by atomic mass is 32.2. The zero-order valence-corrected chi connectivity index (χ0v) is 15.4. The second kappa shape index (κ2) is 7.00. The molecule has 0 saturated carbocycles. The van der Waals surface area contributed by atoms with E-state index in [1.807, 2.05) is 44.2 Å². The maximum atomic E-state index is 13.1. The molecule has 1 aliphatic rings. The Kier molecular flexibility index (Phi) is 4.95. The fraction of sp³-hybridized carbons (Fsp3) is 0.350. The second-order valence-corrected chi connectivity index (χ2v) is 8.86. The van der Waals surface area contributed by atoms with E-state index >= 15 is 0 Å². The van der Waals surface area contributed by atoms with Gasteiger partial charge in [-0.1, -0.05) is 55.0 Å². The standard InChI is InChI=1S/C20H23NO3S/c1-15-8-10-18(11-9-15)25(23,24)19-16(2)12-13-21(20(19)22)14-17-6-4-3-5-7-17/h3-11,16,19H,12-14H2,1-2H3. The molecule has 1 fully saturated rings. The number of nitrogens with zero attached hydrogens (tertiary/aromatic N) is 1. The summed E-state index contributed by atoms with van der Waals surface area (Å²) in [6, 6.07) is 16.4. The summed E-state index contributed by atoms with van der Waals surface area (Å²) in [7, 11) is -3.69. The highest BCUT2D eigenvalue weighted by Crippen LogP contribution is 2.30. The molecule has 2 aromatic carbocycles. The van der Waals surface area contributed by atoms with Crippen LogP contribution in [-0.4, -0.2) is 31.0 Å². The van der Waals surface area contributed by atoms with Crippen LogP contribution >= 0.6 is 0 Å². The van der Waals surface area contributed by atoms with Crippen molar-refractivity contribution < 1.29 is 13.2 Å². The quantitative estimate of drug-likeness (QED) is 0.844. The summed E-state index contributed by atoms with van der Waals surface area (Å²) in [6.07, 6.45) is 0.689. The molecule has 132 valence electrons. The van der Waals surface area contributed by atoms with Crippen molar-refractivity contribution in [1.29, 1.82) is 0 Å². The minimum atomic E-state index is -3.69. The smallest absolute Gasteiger partial charge is 0.241 e. The number of amides is 1. The average molecular weight is 357 g/mol. The van der Waals surface area contributed by atoms with Gasteiger partial charge in [-0.3, -0.25) is 4.79 Å². The van der Waals surface area contributed by atoms with E-state index in [0.717, 1.165) is 11.1 Å². The molecule has 1 aliphatic heterocycles. The third kappa shape index (κ3) is 3.61. The first-order valence-electron chi connectivity index (χ1n) is 8.53. The third-order valence-corrected chi connectivity index (χ3v) is 7.09. The molecule has 25 heavy (non-hydrogen) atoms. The second-order valence-electron chi connectivity index (χ2n) is 6.79. The van der Waals surface area contributed by atoms with Crippen molar-refractivity contribution in [2.45, 2.75) is 37.0 Å². The molecule has 1 heterocycles. The number of hydrogen-bond acceptors (Lipinski definition) is 3. The zero-order chi connectivity index (χ0) is 18.0. The molecular weight excluding hydrogens is 334 g/mol. The number of likely N-dealkylation sites (tertiary alicyclic amines) is 1. The van der Waals surface area contributed by atoms with Crippen LogP contribution in [0.15, 0.2) is 59.5 Å². The first kappa shape index (κ1) is 17.7. The molecule has 2 unspecified atom stereocenters. The Morgan fingerprint density at radius 3 is 2.32 bits per heavy atom. The van der Waals surface area contributed by atoms with E-state index in [4.69, 9.17) is 0 Å². The third-order valence-electron chi connectivity index (χ3n) is 4.83. The summed E-state index contributed by atoms with van der Waals surface area (Å²) < 4.78 is 26.1. The number of piperidine rings is 1. The van der Waals surface area contributed by atoms with Crippen LogP contribution in [0, 0.1) is 12.8 Å². The van der Waals surface area contributed by atoms with Gasteiger partial charge in [0.1, 0.15) is 5.25 Å². The molecule has 0 aromatic heterocycles. The van der Waals surface area contributed by atoms with E-state index < -0.39 is 15.1 Å². The summed E-state index contributed by atoms with van der Waals surface area (Å²) >= 11 is 0. The van der Waals surface area contributed by atoms with E-state index in [0.29, 0.717) is 19.5 Å². The molecule has 2 atom stereocenters. The summed E-state index contributed by atoms with van der Waals surface area (Å²) in [6.45, 7) is 4.81. The van der Waals surface area contributed by atoms with E-state index in [2.05, 4.69) is 0 Å².